The van der Waals surface area contributed by atoms with E-state index in [4.69, 9.17) is 18.5 Å². The number of phosphoric ester groups is 1. The average molecular weight is 1130 g/mol. The van der Waals surface area contributed by atoms with Crippen molar-refractivity contribution in [3.63, 3.8) is 0 Å². The molecule has 0 rings (SSSR count). The number of quaternary nitrogens is 1. The van der Waals surface area contributed by atoms with Crippen molar-refractivity contribution < 1.29 is 42.1 Å². The zero-order valence-corrected chi connectivity index (χ0v) is 54.0. The molecule has 0 aromatic carbocycles. The van der Waals surface area contributed by atoms with Crippen molar-refractivity contribution in [1.82, 2.24) is 0 Å². The molecule has 0 aromatic heterocycles. The molecule has 0 spiro atoms. The molecule has 0 N–H and O–H groups in total. The van der Waals surface area contributed by atoms with E-state index in [2.05, 4.69) is 50.3 Å². The summed E-state index contributed by atoms with van der Waals surface area (Å²) in [7, 11) is 1.19. The quantitative estimate of drug-likeness (QED) is 0.0195. The Morgan fingerprint density at radius 2 is 0.684 bits per heavy atom. The van der Waals surface area contributed by atoms with Crippen LogP contribution in [0.3, 0.4) is 0 Å². The topological polar surface area (TPSA) is 111 Å². The van der Waals surface area contributed by atoms with Gasteiger partial charge in [0, 0.05) is 12.8 Å². The summed E-state index contributed by atoms with van der Waals surface area (Å²) in [5.41, 5.74) is 0. The van der Waals surface area contributed by atoms with Gasteiger partial charge in [-0.25, -0.2) is 0 Å². The normalized spacial score (nSPS) is 13.3. The summed E-state index contributed by atoms with van der Waals surface area (Å²) < 4.78 is 34.2. The van der Waals surface area contributed by atoms with Gasteiger partial charge in [0.2, 0.25) is 0 Å². The van der Waals surface area contributed by atoms with Gasteiger partial charge in [0.15, 0.2) is 6.10 Å². The molecule has 0 aliphatic carbocycles. The maximum Gasteiger partial charge on any atom is 0.306 e. The Bertz CT molecular complexity index is 1430. The number of carbonyl (C=O) groups is 2. The van der Waals surface area contributed by atoms with Gasteiger partial charge in [-0.3, -0.25) is 14.2 Å². The molecule has 0 fully saturated rings. The number of nitrogens with zero attached hydrogens (tertiary/aromatic N) is 1. The molecule has 0 aliphatic rings. The van der Waals surface area contributed by atoms with E-state index >= 15 is 0 Å². The van der Waals surface area contributed by atoms with Crippen LogP contribution in [0.4, 0.5) is 0 Å². The molecule has 0 aliphatic heterocycles. The van der Waals surface area contributed by atoms with E-state index in [9.17, 15) is 19.0 Å². The van der Waals surface area contributed by atoms with Gasteiger partial charge >= 0.3 is 11.9 Å². The fraction of sp³-hybridized carbons (Fsp3) is 0.884. The number of ether oxygens (including phenoxy) is 2. The summed E-state index contributed by atoms with van der Waals surface area (Å²) in [5, 5.41) is 0. The highest BCUT2D eigenvalue weighted by atomic mass is 31.2. The van der Waals surface area contributed by atoms with Gasteiger partial charge in [-0.05, 0) is 51.4 Å². The van der Waals surface area contributed by atoms with Crippen LogP contribution in [0.1, 0.15) is 341 Å². The highest BCUT2D eigenvalue weighted by Gasteiger charge is 2.22. The van der Waals surface area contributed by atoms with Gasteiger partial charge in [-0.2, -0.15) is 0 Å². The Labute approximate surface area is 491 Å². The fourth-order valence-corrected chi connectivity index (χ4v) is 10.9. The number of rotatable bonds is 64. The van der Waals surface area contributed by atoms with Crippen LogP contribution in [0.15, 0.2) is 36.5 Å². The maximum atomic E-state index is 12.8. The van der Waals surface area contributed by atoms with Crippen LogP contribution >= 0.6 is 7.82 Å². The largest absolute Gasteiger partial charge is 0.756 e. The molecule has 0 saturated carbocycles. The zero-order valence-electron chi connectivity index (χ0n) is 53.1. The average Bonchev–Trinajstić information content (AvgIpc) is 3.41. The number of esters is 2. The number of hydrogen-bond acceptors (Lipinski definition) is 8. The second-order valence-corrected chi connectivity index (χ2v) is 26.0. The van der Waals surface area contributed by atoms with Crippen molar-refractivity contribution in [3.05, 3.63) is 36.5 Å². The lowest BCUT2D eigenvalue weighted by molar-refractivity contribution is -0.870. The van der Waals surface area contributed by atoms with Crippen LogP contribution in [-0.4, -0.2) is 70.0 Å². The van der Waals surface area contributed by atoms with E-state index in [1.807, 2.05) is 21.1 Å². The third-order valence-electron chi connectivity index (χ3n) is 15.4. The van der Waals surface area contributed by atoms with Crippen molar-refractivity contribution in [2.24, 2.45) is 0 Å². The van der Waals surface area contributed by atoms with Crippen molar-refractivity contribution in [1.29, 1.82) is 0 Å². The van der Waals surface area contributed by atoms with E-state index in [0.717, 1.165) is 44.9 Å². The fourth-order valence-electron chi connectivity index (χ4n) is 10.1. The summed E-state index contributed by atoms with van der Waals surface area (Å²) in [5.74, 6) is -0.812. The molecule has 10 heteroatoms. The predicted octanol–water partition coefficient (Wildman–Crippen LogP) is 21.3. The number of carbonyl (C=O) groups excluding carboxylic acids is 2. The molecule has 0 aromatic rings. The minimum atomic E-state index is -4.63. The van der Waals surface area contributed by atoms with E-state index in [1.54, 1.807) is 0 Å². The van der Waals surface area contributed by atoms with Crippen LogP contribution in [0, 0.1) is 0 Å². The number of phosphoric acid groups is 1. The van der Waals surface area contributed by atoms with E-state index in [-0.39, 0.29) is 32.0 Å². The molecule has 0 amide bonds. The number of likely N-dealkylation sites (N-methyl/N-ethyl adjacent to an activating group) is 1. The summed E-state index contributed by atoms with van der Waals surface area (Å²) >= 11 is 0. The first-order valence-electron chi connectivity index (χ1n) is 34.2. The zero-order chi connectivity index (χ0) is 57.7. The van der Waals surface area contributed by atoms with Gasteiger partial charge in [-0.15, -0.1) is 0 Å². The Kier molecular flexibility index (Phi) is 59.4. The Balaban J connectivity index is 3.89. The second kappa shape index (κ2) is 60.8. The van der Waals surface area contributed by atoms with Crippen molar-refractivity contribution in [2.75, 3.05) is 47.5 Å². The van der Waals surface area contributed by atoms with Gasteiger partial charge in [0.05, 0.1) is 27.7 Å². The molecule has 466 valence electrons. The maximum absolute atomic E-state index is 12.8. The molecule has 0 saturated heterocycles. The van der Waals surface area contributed by atoms with Gasteiger partial charge in [-0.1, -0.05) is 314 Å². The molecule has 2 atom stereocenters. The lowest BCUT2D eigenvalue weighted by Crippen LogP contribution is -2.37. The third kappa shape index (κ3) is 65.3. The number of unbranched alkanes of at least 4 members (excludes halogenated alkanes) is 44. The van der Waals surface area contributed by atoms with Crippen LogP contribution < -0.4 is 4.89 Å². The first kappa shape index (κ1) is 77.2. The summed E-state index contributed by atoms with van der Waals surface area (Å²) in [6.07, 6.45) is 76.6. The van der Waals surface area contributed by atoms with Crippen LogP contribution in [0.5, 0.6) is 0 Å². The highest BCUT2D eigenvalue weighted by molar-refractivity contribution is 7.45. The molecule has 0 bridgehead atoms. The van der Waals surface area contributed by atoms with E-state index in [0.29, 0.717) is 17.4 Å². The monoisotopic (exact) mass is 1130 g/mol. The summed E-state index contributed by atoms with van der Waals surface area (Å²) in [6.45, 7) is 4.29. The molecule has 2 unspecified atom stereocenters. The molecular weight excluding hydrogens is 1000 g/mol. The van der Waals surface area contributed by atoms with Crippen LogP contribution in [0.2, 0.25) is 0 Å². The molecular formula is C69H132NO8P. The first-order valence-corrected chi connectivity index (χ1v) is 35.7. The molecule has 9 nitrogen and oxygen atoms in total. The minimum Gasteiger partial charge on any atom is -0.756 e. The van der Waals surface area contributed by atoms with Crippen molar-refractivity contribution in [3.8, 4) is 0 Å². The number of hydrogen-bond donors (Lipinski definition) is 0. The second-order valence-electron chi connectivity index (χ2n) is 24.6. The number of allylic oxidation sites excluding steroid dienone is 6. The minimum absolute atomic E-state index is 0.0270. The Morgan fingerprint density at radius 1 is 0.392 bits per heavy atom. The summed E-state index contributed by atoms with van der Waals surface area (Å²) in [6, 6.07) is 0. The van der Waals surface area contributed by atoms with Gasteiger partial charge in [0.1, 0.15) is 19.8 Å². The lowest BCUT2D eigenvalue weighted by Gasteiger charge is -2.28. The van der Waals surface area contributed by atoms with Gasteiger partial charge in [0.25, 0.3) is 7.82 Å². The van der Waals surface area contributed by atoms with Crippen molar-refractivity contribution in [2.45, 2.75) is 347 Å². The third-order valence-corrected chi connectivity index (χ3v) is 16.4. The lowest BCUT2D eigenvalue weighted by atomic mass is 10.0. The molecule has 0 heterocycles. The Morgan fingerprint density at radius 3 is 1.01 bits per heavy atom. The summed E-state index contributed by atoms with van der Waals surface area (Å²) in [4.78, 5) is 37.9. The standard InChI is InChI=1S/C69H132NO8P/c1-6-8-10-12-14-16-18-20-22-24-25-26-27-28-29-30-31-32-33-34-35-36-37-38-39-40-41-42-43-44-45-46-48-50-52-54-56-58-60-62-69(72)78-67(66-77-79(73,74)76-64-63-70(3,4)5)65-75-68(71)61-59-57-55-53-51-49-47-23-21-19-17-15-13-11-9-7-2/h18,20,24-25,27-28,67H,6-17,19,21-23,26,29-66H2,1-5H3/b20-18-,25-24-,28-27-. The SMILES string of the molecule is CCCCCCC/C=C\C/C=C\C/C=C\CCCCCCCCCCCCCCCCCCCCCCCCCCC(=O)OC(COC(=O)CCCCCCCCCCCCCCCCCC)COP(=O)([O-])OCC[N+](C)(C)C. The van der Waals surface area contributed by atoms with E-state index < -0.39 is 26.5 Å². The smallest absolute Gasteiger partial charge is 0.306 e. The van der Waals surface area contributed by atoms with Crippen LogP contribution in [0.25, 0.3) is 0 Å². The van der Waals surface area contributed by atoms with Crippen LogP contribution in [-0.2, 0) is 32.7 Å². The van der Waals surface area contributed by atoms with Gasteiger partial charge < -0.3 is 27.9 Å². The first-order chi connectivity index (χ1) is 38.5. The van der Waals surface area contributed by atoms with Crippen molar-refractivity contribution >= 4 is 19.8 Å². The Hall–Kier alpha value is -1.77. The molecule has 0 radical (unpaired) electrons. The molecule has 79 heavy (non-hydrogen) atoms. The predicted molar refractivity (Wildman–Crippen MR) is 337 cm³/mol. The highest BCUT2D eigenvalue weighted by Crippen LogP contribution is 2.38. The van der Waals surface area contributed by atoms with E-state index in [1.165, 1.54) is 263 Å².